The van der Waals surface area contributed by atoms with Crippen molar-refractivity contribution in [1.82, 2.24) is 0 Å². The fourth-order valence-corrected chi connectivity index (χ4v) is 1.66. The minimum atomic E-state index is -4.19. The average molecular weight is 306 g/mol. The van der Waals surface area contributed by atoms with Crippen LogP contribution in [-0.2, 0) is 0 Å². The quantitative estimate of drug-likeness (QED) is 0.457. The number of anilines is 1. The second kappa shape index (κ2) is 6.91. The van der Waals surface area contributed by atoms with Gasteiger partial charge in [0.15, 0.2) is 0 Å². The summed E-state index contributed by atoms with van der Waals surface area (Å²) in [6.07, 6.45) is -4.87. The van der Waals surface area contributed by atoms with Gasteiger partial charge in [-0.05, 0) is 25.0 Å². The summed E-state index contributed by atoms with van der Waals surface area (Å²) in [6.45, 7) is 0.215. The molecule has 0 heterocycles. The van der Waals surface area contributed by atoms with Crippen molar-refractivity contribution in [2.75, 3.05) is 11.9 Å². The molecule has 0 fully saturated rings. The van der Waals surface area contributed by atoms with Gasteiger partial charge >= 0.3 is 12.1 Å². The van der Waals surface area contributed by atoms with E-state index in [4.69, 9.17) is 5.11 Å². The van der Waals surface area contributed by atoms with Crippen LogP contribution in [0.4, 0.5) is 24.5 Å². The first-order valence-electron chi connectivity index (χ1n) is 6.03. The standard InChI is InChI=1S/C12H13F3N2O4/c13-12(14,15)5-1-2-6-16-8-3-4-10(17(20)21)9(7-8)11(18)19/h3-4,7,16H,1-2,5-6H2,(H,18,19). The number of carboxylic acid groups (broad SMARTS) is 1. The van der Waals surface area contributed by atoms with Crippen LogP contribution in [0.15, 0.2) is 18.2 Å². The largest absolute Gasteiger partial charge is 0.477 e. The fraction of sp³-hybridized carbons (Fsp3) is 0.417. The third kappa shape index (κ3) is 5.67. The zero-order valence-corrected chi connectivity index (χ0v) is 10.8. The lowest BCUT2D eigenvalue weighted by Gasteiger charge is -2.08. The van der Waals surface area contributed by atoms with Gasteiger partial charge in [-0.25, -0.2) is 4.79 Å². The van der Waals surface area contributed by atoms with E-state index in [1.807, 2.05) is 0 Å². The molecule has 9 heteroatoms. The smallest absolute Gasteiger partial charge is 0.389 e. The van der Waals surface area contributed by atoms with Crippen molar-refractivity contribution < 1.29 is 28.0 Å². The lowest BCUT2D eigenvalue weighted by atomic mass is 10.1. The minimum Gasteiger partial charge on any atom is -0.477 e. The monoisotopic (exact) mass is 306 g/mol. The average Bonchev–Trinajstić information content (AvgIpc) is 2.36. The topological polar surface area (TPSA) is 92.5 Å². The van der Waals surface area contributed by atoms with Crippen LogP contribution in [0.3, 0.4) is 0 Å². The van der Waals surface area contributed by atoms with Crippen LogP contribution >= 0.6 is 0 Å². The predicted molar refractivity (Wildman–Crippen MR) is 68.5 cm³/mol. The molecular formula is C12H13F3N2O4. The first kappa shape index (κ1) is 16.7. The highest BCUT2D eigenvalue weighted by Crippen LogP contribution is 2.24. The molecule has 0 aliphatic carbocycles. The molecule has 116 valence electrons. The number of rotatable bonds is 7. The Morgan fingerprint density at radius 1 is 1.33 bits per heavy atom. The summed E-state index contributed by atoms with van der Waals surface area (Å²) in [4.78, 5) is 20.7. The number of hydrogen-bond donors (Lipinski definition) is 2. The Hall–Kier alpha value is -2.32. The fourth-order valence-electron chi connectivity index (χ4n) is 1.66. The van der Waals surface area contributed by atoms with E-state index in [1.54, 1.807) is 0 Å². The molecule has 0 atom stereocenters. The van der Waals surface area contributed by atoms with Crippen LogP contribution < -0.4 is 5.32 Å². The summed E-state index contributed by atoms with van der Waals surface area (Å²) in [5.41, 5.74) is -0.699. The molecular weight excluding hydrogens is 293 g/mol. The van der Waals surface area contributed by atoms with Gasteiger partial charge in [0, 0.05) is 24.7 Å². The molecule has 1 aromatic carbocycles. The highest BCUT2D eigenvalue weighted by molar-refractivity contribution is 5.93. The van der Waals surface area contributed by atoms with Gasteiger partial charge in [0.2, 0.25) is 0 Å². The van der Waals surface area contributed by atoms with Crippen molar-refractivity contribution in [1.29, 1.82) is 0 Å². The van der Waals surface area contributed by atoms with E-state index < -0.39 is 34.7 Å². The van der Waals surface area contributed by atoms with Crippen molar-refractivity contribution >= 4 is 17.3 Å². The van der Waals surface area contributed by atoms with Crippen molar-refractivity contribution in [3.63, 3.8) is 0 Å². The molecule has 0 saturated carbocycles. The summed E-state index contributed by atoms with van der Waals surface area (Å²) < 4.78 is 35.8. The lowest BCUT2D eigenvalue weighted by Crippen LogP contribution is -2.09. The highest BCUT2D eigenvalue weighted by atomic mass is 19.4. The van der Waals surface area contributed by atoms with E-state index >= 15 is 0 Å². The molecule has 0 bridgehead atoms. The number of halogens is 3. The Kier molecular flexibility index (Phi) is 5.51. The summed E-state index contributed by atoms with van der Waals surface area (Å²) in [7, 11) is 0. The summed E-state index contributed by atoms with van der Waals surface area (Å²) in [6, 6.07) is 3.44. The number of carboxylic acids is 1. The molecule has 6 nitrogen and oxygen atoms in total. The third-order valence-electron chi connectivity index (χ3n) is 2.64. The third-order valence-corrected chi connectivity index (χ3v) is 2.64. The van der Waals surface area contributed by atoms with Gasteiger partial charge in [-0.1, -0.05) is 0 Å². The van der Waals surface area contributed by atoms with Gasteiger partial charge in [-0.2, -0.15) is 13.2 Å². The van der Waals surface area contributed by atoms with Gasteiger partial charge in [-0.15, -0.1) is 0 Å². The number of nitro groups is 1. The molecule has 2 N–H and O–H groups in total. The maximum Gasteiger partial charge on any atom is 0.389 e. The van der Waals surface area contributed by atoms with Crippen LogP contribution in [-0.4, -0.2) is 28.7 Å². The predicted octanol–water partition coefficient (Wildman–Crippen LogP) is 3.44. The van der Waals surface area contributed by atoms with Gasteiger partial charge < -0.3 is 10.4 Å². The summed E-state index contributed by atoms with van der Waals surface area (Å²) in [5, 5.41) is 22.3. The molecule has 1 aromatic rings. The number of aromatic carboxylic acids is 1. The number of nitrogens with zero attached hydrogens (tertiary/aromatic N) is 1. The van der Waals surface area contributed by atoms with E-state index in [1.165, 1.54) is 6.07 Å². The molecule has 0 aromatic heterocycles. The van der Waals surface area contributed by atoms with Crippen molar-refractivity contribution in [2.24, 2.45) is 0 Å². The Morgan fingerprint density at radius 3 is 2.52 bits per heavy atom. The van der Waals surface area contributed by atoms with Crippen LogP contribution in [0.25, 0.3) is 0 Å². The molecule has 0 amide bonds. The zero-order valence-electron chi connectivity index (χ0n) is 10.8. The van der Waals surface area contributed by atoms with Crippen LogP contribution in [0.2, 0.25) is 0 Å². The zero-order chi connectivity index (χ0) is 16.0. The van der Waals surface area contributed by atoms with Gasteiger partial charge in [-0.3, -0.25) is 10.1 Å². The Morgan fingerprint density at radius 2 is 2.00 bits per heavy atom. The Bertz CT molecular complexity index is 532. The highest BCUT2D eigenvalue weighted by Gasteiger charge is 2.25. The number of unbranched alkanes of at least 4 members (excludes halogenated alkanes) is 1. The van der Waals surface area contributed by atoms with E-state index in [0.717, 1.165) is 12.1 Å². The van der Waals surface area contributed by atoms with Gasteiger partial charge in [0.25, 0.3) is 5.69 Å². The SMILES string of the molecule is O=C(O)c1cc(NCCCCC(F)(F)F)ccc1[N+](=O)[O-]. The van der Waals surface area contributed by atoms with Crippen molar-refractivity contribution in [2.45, 2.75) is 25.4 Å². The van der Waals surface area contributed by atoms with Crippen molar-refractivity contribution in [3.05, 3.63) is 33.9 Å². The minimum absolute atomic E-state index is 0.0464. The Labute approximate surface area is 117 Å². The molecule has 0 aliphatic heterocycles. The molecule has 0 radical (unpaired) electrons. The number of nitrogens with one attached hydrogen (secondary N) is 1. The molecule has 0 aliphatic rings. The lowest BCUT2D eigenvalue weighted by molar-refractivity contribution is -0.385. The second-order valence-electron chi connectivity index (χ2n) is 4.29. The van der Waals surface area contributed by atoms with E-state index in [-0.39, 0.29) is 19.4 Å². The molecule has 21 heavy (non-hydrogen) atoms. The van der Waals surface area contributed by atoms with Crippen LogP contribution in [0.5, 0.6) is 0 Å². The maximum atomic E-state index is 11.9. The second-order valence-corrected chi connectivity index (χ2v) is 4.29. The van der Waals surface area contributed by atoms with Crippen LogP contribution in [0, 0.1) is 10.1 Å². The molecule has 0 unspecified atom stereocenters. The maximum absolute atomic E-state index is 11.9. The number of nitro benzene ring substituents is 1. The molecule has 1 rings (SSSR count). The summed E-state index contributed by atoms with van der Waals surface area (Å²) in [5.74, 6) is -1.44. The molecule has 0 saturated heterocycles. The van der Waals surface area contributed by atoms with Gasteiger partial charge in [0.1, 0.15) is 5.56 Å². The molecule has 0 spiro atoms. The number of alkyl halides is 3. The number of hydrogen-bond acceptors (Lipinski definition) is 4. The normalized spacial score (nSPS) is 11.2. The summed E-state index contributed by atoms with van der Waals surface area (Å²) >= 11 is 0. The first-order valence-corrected chi connectivity index (χ1v) is 6.03. The van der Waals surface area contributed by atoms with Crippen molar-refractivity contribution in [3.8, 4) is 0 Å². The van der Waals surface area contributed by atoms with E-state index in [9.17, 15) is 28.1 Å². The Balaban J connectivity index is 2.59. The van der Waals surface area contributed by atoms with Crippen LogP contribution in [0.1, 0.15) is 29.6 Å². The van der Waals surface area contributed by atoms with E-state index in [2.05, 4.69) is 5.32 Å². The van der Waals surface area contributed by atoms with E-state index in [0.29, 0.717) is 5.69 Å². The first-order chi connectivity index (χ1) is 9.70. The number of benzene rings is 1. The van der Waals surface area contributed by atoms with Gasteiger partial charge in [0.05, 0.1) is 4.92 Å². The number of carbonyl (C=O) groups is 1.